The number of allylic oxidation sites excluding steroid dienone is 1. The second-order valence-corrected chi connectivity index (χ2v) is 2.98. The molecule has 0 saturated carbocycles. The second-order valence-electron chi connectivity index (χ2n) is 2.98. The van der Waals surface area contributed by atoms with Gasteiger partial charge < -0.3 is 4.74 Å². The number of esters is 1. The topological polar surface area (TPSA) is 26.3 Å². The fraction of sp³-hybridized carbons (Fsp3) is 0.700. The molecule has 0 aromatic heterocycles. The molecule has 0 aromatic carbocycles. The highest BCUT2D eigenvalue weighted by Crippen LogP contribution is 2.12. The van der Waals surface area contributed by atoms with Crippen LogP contribution in [0.5, 0.6) is 0 Å². The molecule has 0 aliphatic carbocycles. The van der Waals surface area contributed by atoms with Crippen LogP contribution in [0.4, 0.5) is 0 Å². The highest BCUT2D eigenvalue weighted by Gasteiger charge is 2.03. The van der Waals surface area contributed by atoms with Gasteiger partial charge in [-0.2, -0.15) is 0 Å². The van der Waals surface area contributed by atoms with Crippen molar-refractivity contribution in [3.63, 3.8) is 0 Å². The molecule has 0 rings (SSSR count). The Kier molecular flexibility index (Phi) is 5.43. The average molecular weight is 170 g/mol. The van der Waals surface area contributed by atoms with Gasteiger partial charge >= 0.3 is 5.97 Å². The molecule has 0 aliphatic heterocycles. The van der Waals surface area contributed by atoms with Crippen molar-refractivity contribution in [2.24, 2.45) is 5.92 Å². The Bertz CT molecular complexity index is 169. The van der Waals surface area contributed by atoms with E-state index < -0.39 is 0 Å². The van der Waals surface area contributed by atoms with E-state index in [1.807, 2.05) is 13.8 Å². The largest absolute Gasteiger partial charge is 0.463 e. The molecule has 0 heterocycles. The summed E-state index contributed by atoms with van der Waals surface area (Å²) in [5, 5.41) is 0. The number of hydrogen-bond acceptors (Lipinski definition) is 2. The Balaban J connectivity index is 4.18. The van der Waals surface area contributed by atoms with Crippen molar-refractivity contribution in [1.29, 1.82) is 0 Å². The first-order valence-corrected chi connectivity index (χ1v) is 4.49. The maximum absolute atomic E-state index is 11.0. The molecule has 0 atom stereocenters. The molecule has 0 N–H and O–H groups in total. The summed E-state index contributed by atoms with van der Waals surface area (Å²) in [6.07, 6.45) is 2.52. The fourth-order valence-corrected chi connectivity index (χ4v) is 1.01. The van der Waals surface area contributed by atoms with Crippen molar-refractivity contribution >= 4 is 5.97 Å². The van der Waals surface area contributed by atoms with E-state index in [1.165, 1.54) is 0 Å². The van der Waals surface area contributed by atoms with E-state index in [4.69, 9.17) is 4.74 Å². The molecular formula is C10H18O2. The monoisotopic (exact) mass is 170 g/mol. The van der Waals surface area contributed by atoms with Gasteiger partial charge in [0.25, 0.3) is 0 Å². The van der Waals surface area contributed by atoms with E-state index in [2.05, 4.69) is 13.8 Å². The van der Waals surface area contributed by atoms with Gasteiger partial charge in [-0.3, -0.25) is 0 Å². The molecule has 2 nitrogen and oxygen atoms in total. The van der Waals surface area contributed by atoms with Crippen LogP contribution in [0.1, 0.15) is 34.1 Å². The quantitative estimate of drug-likeness (QED) is 0.478. The van der Waals surface area contributed by atoms with Crippen molar-refractivity contribution in [1.82, 2.24) is 0 Å². The minimum Gasteiger partial charge on any atom is -0.463 e. The predicted molar refractivity (Wildman–Crippen MR) is 49.8 cm³/mol. The van der Waals surface area contributed by atoms with Crippen LogP contribution >= 0.6 is 0 Å². The molecule has 0 radical (unpaired) electrons. The van der Waals surface area contributed by atoms with Gasteiger partial charge in [-0.25, -0.2) is 4.79 Å². The molecule has 0 amide bonds. The van der Waals surface area contributed by atoms with Gasteiger partial charge in [0.2, 0.25) is 0 Å². The lowest BCUT2D eigenvalue weighted by atomic mass is 10.0. The molecule has 0 unspecified atom stereocenters. The van der Waals surface area contributed by atoms with Crippen LogP contribution in [0.25, 0.3) is 0 Å². The first-order valence-electron chi connectivity index (χ1n) is 4.49. The predicted octanol–water partition coefficient (Wildman–Crippen LogP) is 2.54. The second kappa shape index (κ2) is 5.81. The van der Waals surface area contributed by atoms with Crippen LogP contribution in [-0.2, 0) is 9.53 Å². The summed E-state index contributed by atoms with van der Waals surface area (Å²) in [4.78, 5) is 11.0. The minimum absolute atomic E-state index is 0.219. The Hall–Kier alpha value is -0.790. The Morgan fingerprint density at radius 2 is 2.00 bits per heavy atom. The van der Waals surface area contributed by atoms with Gasteiger partial charge in [-0.1, -0.05) is 26.3 Å². The maximum Gasteiger partial charge on any atom is 0.330 e. The lowest BCUT2D eigenvalue weighted by Gasteiger charge is -2.07. The SMILES string of the molecule is CCOC(=O)/C=C(/CC)C(C)C. The minimum atomic E-state index is -0.219. The molecule has 0 aromatic rings. The van der Waals surface area contributed by atoms with Crippen LogP contribution in [-0.4, -0.2) is 12.6 Å². The third-order valence-corrected chi connectivity index (χ3v) is 1.74. The molecule has 2 heteroatoms. The highest BCUT2D eigenvalue weighted by atomic mass is 16.5. The molecular weight excluding hydrogens is 152 g/mol. The number of carbonyl (C=O) groups excluding carboxylic acids is 1. The summed E-state index contributed by atoms with van der Waals surface area (Å²) in [6, 6.07) is 0. The Labute approximate surface area is 74.6 Å². The van der Waals surface area contributed by atoms with Gasteiger partial charge in [0.15, 0.2) is 0 Å². The van der Waals surface area contributed by atoms with E-state index in [0.717, 1.165) is 12.0 Å². The summed E-state index contributed by atoms with van der Waals surface area (Å²) < 4.78 is 4.81. The van der Waals surface area contributed by atoms with Crippen molar-refractivity contribution in [3.8, 4) is 0 Å². The van der Waals surface area contributed by atoms with Gasteiger partial charge in [0.1, 0.15) is 0 Å². The number of ether oxygens (including phenoxy) is 1. The number of rotatable bonds is 4. The zero-order chi connectivity index (χ0) is 9.56. The number of carbonyl (C=O) groups is 1. The summed E-state index contributed by atoms with van der Waals surface area (Å²) in [7, 11) is 0. The van der Waals surface area contributed by atoms with Crippen molar-refractivity contribution in [2.75, 3.05) is 6.61 Å². The van der Waals surface area contributed by atoms with E-state index in [-0.39, 0.29) is 5.97 Å². The molecule has 0 saturated heterocycles. The molecule has 70 valence electrons. The van der Waals surface area contributed by atoms with Crippen LogP contribution in [0.3, 0.4) is 0 Å². The zero-order valence-electron chi connectivity index (χ0n) is 8.39. The van der Waals surface area contributed by atoms with Crippen LogP contribution < -0.4 is 0 Å². The van der Waals surface area contributed by atoms with E-state index in [9.17, 15) is 4.79 Å². The van der Waals surface area contributed by atoms with Crippen molar-refractivity contribution in [2.45, 2.75) is 34.1 Å². The number of hydrogen-bond donors (Lipinski definition) is 0. The van der Waals surface area contributed by atoms with Crippen LogP contribution in [0.15, 0.2) is 11.6 Å². The van der Waals surface area contributed by atoms with Gasteiger partial charge in [-0.05, 0) is 19.3 Å². The molecule has 0 aliphatic rings. The lowest BCUT2D eigenvalue weighted by Crippen LogP contribution is -2.03. The fourth-order valence-electron chi connectivity index (χ4n) is 1.01. The lowest BCUT2D eigenvalue weighted by molar-refractivity contribution is -0.137. The first kappa shape index (κ1) is 11.2. The molecule has 0 bridgehead atoms. The maximum atomic E-state index is 11.0. The smallest absolute Gasteiger partial charge is 0.330 e. The summed E-state index contributed by atoms with van der Waals surface area (Å²) >= 11 is 0. The summed E-state index contributed by atoms with van der Waals surface area (Å²) in [6.45, 7) is 8.46. The highest BCUT2D eigenvalue weighted by molar-refractivity contribution is 5.82. The average Bonchev–Trinajstić information content (AvgIpc) is 2.00. The van der Waals surface area contributed by atoms with Crippen molar-refractivity contribution < 1.29 is 9.53 Å². The third-order valence-electron chi connectivity index (χ3n) is 1.74. The van der Waals surface area contributed by atoms with E-state index >= 15 is 0 Å². The Morgan fingerprint density at radius 1 is 1.42 bits per heavy atom. The third kappa shape index (κ3) is 4.16. The van der Waals surface area contributed by atoms with E-state index in [1.54, 1.807) is 6.08 Å². The normalized spacial score (nSPS) is 11.9. The first-order chi connectivity index (χ1) is 5.61. The van der Waals surface area contributed by atoms with Crippen LogP contribution in [0, 0.1) is 5.92 Å². The van der Waals surface area contributed by atoms with Gasteiger partial charge in [0, 0.05) is 6.08 Å². The zero-order valence-corrected chi connectivity index (χ0v) is 8.39. The van der Waals surface area contributed by atoms with Gasteiger partial charge in [0.05, 0.1) is 6.61 Å². The van der Waals surface area contributed by atoms with Gasteiger partial charge in [-0.15, -0.1) is 0 Å². The molecule has 0 fully saturated rings. The van der Waals surface area contributed by atoms with Crippen LogP contribution in [0.2, 0.25) is 0 Å². The summed E-state index contributed by atoms with van der Waals surface area (Å²) in [5.74, 6) is 0.211. The molecule has 0 spiro atoms. The Morgan fingerprint density at radius 3 is 2.33 bits per heavy atom. The van der Waals surface area contributed by atoms with Crippen molar-refractivity contribution in [3.05, 3.63) is 11.6 Å². The summed E-state index contributed by atoms with van der Waals surface area (Å²) in [5.41, 5.74) is 1.15. The molecule has 12 heavy (non-hydrogen) atoms. The standard InChI is InChI=1S/C10H18O2/c1-5-9(8(3)4)7-10(11)12-6-2/h7-8H,5-6H2,1-4H3/b9-7-. The van der Waals surface area contributed by atoms with E-state index in [0.29, 0.717) is 12.5 Å².